The molecule has 2 aliphatic rings. The number of alkyl halides is 3. The van der Waals surface area contributed by atoms with Gasteiger partial charge in [0.2, 0.25) is 0 Å². The second-order valence-electron chi connectivity index (χ2n) is 13.0. The maximum atomic E-state index is 14.0. The molecule has 238 valence electrons. The molecule has 1 N–H and O–H groups in total. The largest absolute Gasteiger partial charge is 0.416 e. The number of carbonyl (C=O) groups is 1. The molecular formula is C33H39F3N7O2+. The van der Waals surface area contributed by atoms with Gasteiger partial charge in [0, 0.05) is 24.9 Å². The van der Waals surface area contributed by atoms with Gasteiger partial charge in [-0.05, 0) is 80.4 Å². The van der Waals surface area contributed by atoms with Crippen LogP contribution in [0, 0.1) is 23.2 Å². The van der Waals surface area contributed by atoms with E-state index in [0.717, 1.165) is 52.7 Å². The molecule has 45 heavy (non-hydrogen) atoms. The highest BCUT2D eigenvalue weighted by Crippen LogP contribution is 2.34. The highest BCUT2D eigenvalue weighted by molar-refractivity contribution is 6.00. The normalized spacial score (nSPS) is 20.7. The number of carbonyl (C=O) groups excluding carboxylic acids is 1. The van der Waals surface area contributed by atoms with Crippen molar-refractivity contribution in [1.29, 1.82) is 5.26 Å². The van der Waals surface area contributed by atoms with Crippen molar-refractivity contribution in [3.8, 4) is 23.1 Å². The minimum Gasteiger partial charge on any atom is -0.352 e. The molecule has 5 rings (SSSR count). The summed E-state index contributed by atoms with van der Waals surface area (Å²) in [6.07, 6.45) is 4.92. The lowest BCUT2D eigenvalue weighted by Gasteiger charge is -2.38. The Balaban J connectivity index is 1.56. The Bertz CT molecular complexity index is 1750. The summed E-state index contributed by atoms with van der Waals surface area (Å²) in [5.41, 5.74) is 0.210. The van der Waals surface area contributed by atoms with Gasteiger partial charge in [0.25, 0.3) is 11.5 Å². The van der Waals surface area contributed by atoms with Gasteiger partial charge >= 0.3 is 6.18 Å². The summed E-state index contributed by atoms with van der Waals surface area (Å²) < 4.78 is 45.9. The van der Waals surface area contributed by atoms with E-state index in [1.807, 2.05) is 6.92 Å². The zero-order chi connectivity index (χ0) is 32.7. The van der Waals surface area contributed by atoms with Gasteiger partial charge in [0.1, 0.15) is 11.3 Å². The van der Waals surface area contributed by atoms with Gasteiger partial charge in [-0.3, -0.25) is 14.3 Å². The third kappa shape index (κ3) is 6.40. The molecular weight excluding hydrogens is 583 g/mol. The van der Waals surface area contributed by atoms with Gasteiger partial charge in [-0.25, -0.2) is 9.36 Å². The number of halogens is 3. The number of amides is 1. The van der Waals surface area contributed by atoms with Crippen LogP contribution in [-0.2, 0) is 13.2 Å². The molecule has 0 aliphatic heterocycles. The van der Waals surface area contributed by atoms with Gasteiger partial charge in [-0.2, -0.15) is 23.5 Å². The average Bonchev–Trinajstić information content (AvgIpc) is 3.57. The summed E-state index contributed by atoms with van der Waals surface area (Å²) in [7, 11) is 8.11. The zero-order valence-corrected chi connectivity index (χ0v) is 26.2. The fourth-order valence-electron chi connectivity index (χ4n) is 6.52. The standard InChI is InChI=1S/C33H38F3N7O2/c1-21-17-25(12-11-23(21)19-37)41-28(15-16-39-41)30-29(31(44)38-20-22-9-13-27(14-10-22)43(3,4)5)32(45)42(40(30)2)26-8-6-7-24(18-26)33(34,35)36/h6-8,11-12,15-16,18,21-22,27H,9-10,13-14,17,20H2,1-5H3/p+1. The first-order valence-corrected chi connectivity index (χ1v) is 15.1. The molecule has 0 spiro atoms. The molecule has 2 heterocycles. The van der Waals surface area contributed by atoms with E-state index in [0.29, 0.717) is 30.3 Å². The van der Waals surface area contributed by atoms with E-state index in [1.165, 1.54) is 16.8 Å². The second-order valence-corrected chi connectivity index (χ2v) is 13.0. The molecule has 1 aromatic carbocycles. The maximum Gasteiger partial charge on any atom is 0.416 e. The molecule has 1 atom stereocenters. The van der Waals surface area contributed by atoms with E-state index in [-0.39, 0.29) is 28.8 Å². The minimum absolute atomic E-state index is 0.0191. The number of benzene rings is 1. The summed E-state index contributed by atoms with van der Waals surface area (Å²) in [6.45, 7) is 2.32. The predicted octanol–water partition coefficient (Wildman–Crippen LogP) is 5.38. The van der Waals surface area contributed by atoms with Crippen LogP contribution in [-0.4, -0.2) is 63.3 Å². The number of nitrogens with zero attached hydrogens (tertiary/aromatic N) is 6. The lowest BCUT2D eigenvalue weighted by atomic mass is 9.85. The lowest BCUT2D eigenvalue weighted by molar-refractivity contribution is -0.897. The molecule has 1 saturated carbocycles. The molecule has 1 amide bonds. The lowest BCUT2D eigenvalue weighted by Crippen LogP contribution is -2.47. The van der Waals surface area contributed by atoms with Crippen LogP contribution in [0.5, 0.6) is 0 Å². The van der Waals surface area contributed by atoms with Crippen LogP contribution in [0.2, 0.25) is 0 Å². The van der Waals surface area contributed by atoms with Crippen LogP contribution in [0.3, 0.4) is 0 Å². The number of quaternary nitrogens is 1. The van der Waals surface area contributed by atoms with Crippen molar-refractivity contribution in [2.45, 2.75) is 51.2 Å². The monoisotopic (exact) mass is 622 g/mol. The highest BCUT2D eigenvalue weighted by Gasteiger charge is 2.34. The molecule has 2 aliphatic carbocycles. The van der Waals surface area contributed by atoms with Crippen LogP contribution >= 0.6 is 0 Å². The van der Waals surface area contributed by atoms with Crippen LogP contribution in [0.1, 0.15) is 54.9 Å². The SMILES string of the molecule is CC1CC(n2nccc2-c2c(C(=O)NCC3CCC([N+](C)(C)C)CC3)c(=O)n(-c3cccc(C(F)(F)F)c3)n2C)=CC=C1C#N. The quantitative estimate of drug-likeness (QED) is 0.358. The molecule has 1 fully saturated rings. The number of hydrogen-bond acceptors (Lipinski definition) is 4. The number of aromatic nitrogens is 4. The number of rotatable bonds is 7. The van der Waals surface area contributed by atoms with Crippen molar-refractivity contribution in [2.24, 2.45) is 18.9 Å². The fraction of sp³-hybridized carbons (Fsp3) is 0.455. The van der Waals surface area contributed by atoms with Crippen molar-refractivity contribution in [3.05, 3.63) is 75.7 Å². The van der Waals surface area contributed by atoms with E-state index in [2.05, 4.69) is 37.6 Å². The second kappa shape index (κ2) is 12.2. The Hall–Kier alpha value is -4.37. The van der Waals surface area contributed by atoms with Crippen LogP contribution < -0.4 is 10.9 Å². The van der Waals surface area contributed by atoms with Crippen molar-refractivity contribution in [3.63, 3.8) is 0 Å². The molecule has 0 saturated heterocycles. The minimum atomic E-state index is -4.61. The van der Waals surface area contributed by atoms with Crippen LogP contribution in [0.15, 0.2) is 59.0 Å². The van der Waals surface area contributed by atoms with Crippen LogP contribution in [0.25, 0.3) is 22.8 Å². The summed E-state index contributed by atoms with van der Waals surface area (Å²) >= 11 is 0. The van der Waals surface area contributed by atoms with Gasteiger partial charge < -0.3 is 9.80 Å². The summed E-state index contributed by atoms with van der Waals surface area (Å²) in [4.78, 5) is 27.9. The van der Waals surface area contributed by atoms with Gasteiger partial charge in [0.15, 0.2) is 0 Å². The van der Waals surface area contributed by atoms with Gasteiger partial charge in [-0.15, -0.1) is 0 Å². The first kappa shape index (κ1) is 32.0. The number of nitriles is 1. The Morgan fingerprint density at radius 1 is 1.13 bits per heavy atom. The summed E-state index contributed by atoms with van der Waals surface area (Å²) in [6, 6.07) is 8.90. The summed E-state index contributed by atoms with van der Waals surface area (Å²) in [5, 5.41) is 16.9. The van der Waals surface area contributed by atoms with Crippen molar-refractivity contribution >= 4 is 11.6 Å². The molecule has 0 bridgehead atoms. The van der Waals surface area contributed by atoms with Crippen molar-refractivity contribution < 1.29 is 22.4 Å². The van der Waals surface area contributed by atoms with Gasteiger partial charge in [0.05, 0.1) is 56.4 Å². The van der Waals surface area contributed by atoms with E-state index in [9.17, 15) is 28.0 Å². The molecule has 3 aromatic rings. The van der Waals surface area contributed by atoms with Crippen molar-refractivity contribution in [1.82, 2.24) is 24.5 Å². The Kier molecular flexibility index (Phi) is 8.68. The van der Waals surface area contributed by atoms with E-state index in [1.54, 1.807) is 36.1 Å². The Labute approximate surface area is 260 Å². The van der Waals surface area contributed by atoms with Crippen LogP contribution in [0.4, 0.5) is 13.2 Å². The summed E-state index contributed by atoms with van der Waals surface area (Å²) in [5.74, 6) is -0.397. The van der Waals surface area contributed by atoms with Crippen molar-refractivity contribution in [2.75, 3.05) is 27.7 Å². The molecule has 0 radical (unpaired) electrons. The Morgan fingerprint density at radius 2 is 1.84 bits per heavy atom. The van der Waals surface area contributed by atoms with E-state index >= 15 is 0 Å². The average molecular weight is 623 g/mol. The Morgan fingerprint density at radius 3 is 2.47 bits per heavy atom. The predicted molar refractivity (Wildman–Crippen MR) is 165 cm³/mol. The third-order valence-corrected chi connectivity index (χ3v) is 9.16. The topological polar surface area (TPSA) is 97.6 Å². The smallest absolute Gasteiger partial charge is 0.352 e. The molecule has 2 aromatic heterocycles. The number of hydrogen-bond donors (Lipinski definition) is 1. The number of allylic oxidation sites excluding steroid dienone is 4. The first-order valence-electron chi connectivity index (χ1n) is 15.1. The molecule has 9 nitrogen and oxygen atoms in total. The molecule has 12 heteroatoms. The number of nitrogens with one attached hydrogen (secondary N) is 1. The van der Waals surface area contributed by atoms with E-state index in [4.69, 9.17) is 0 Å². The fourth-order valence-corrected chi connectivity index (χ4v) is 6.52. The first-order chi connectivity index (χ1) is 21.2. The molecule has 1 unspecified atom stereocenters. The zero-order valence-electron chi connectivity index (χ0n) is 26.2. The van der Waals surface area contributed by atoms with Gasteiger partial charge in [-0.1, -0.05) is 13.0 Å². The highest BCUT2D eigenvalue weighted by atomic mass is 19.4. The maximum absolute atomic E-state index is 14.0. The third-order valence-electron chi connectivity index (χ3n) is 9.16. The van der Waals surface area contributed by atoms with E-state index < -0.39 is 23.2 Å².